The molecule has 0 spiro atoms. The summed E-state index contributed by atoms with van der Waals surface area (Å²) in [6.07, 6.45) is 4.28. The number of nitrogens with one attached hydrogen (secondary N) is 1. The monoisotopic (exact) mass is 368 g/mol. The Labute approximate surface area is 143 Å². The summed E-state index contributed by atoms with van der Waals surface area (Å²) >= 11 is 6.02. The van der Waals surface area contributed by atoms with Gasteiger partial charge in [0, 0.05) is 18.7 Å². The minimum atomic E-state index is -3.71. The average molecular weight is 369 g/mol. The van der Waals surface area contributed by atoms with Crippen LogP contribution in [0.15, 0.2) is 23.1 Å². The number of hydrogen-bond donors (Lipinski definition) is 2. The summed E-state index contributed by atoms with van der Waals surface area (Å²) in [6, 6.07) is 4.31. The van der Waals surface area contributed by atoms with Crippen molar-refractivity contribution >= 4 is 34.0 Å². The lowest BCUT2D eigenvalue weighted by atomic mass is 9.99. The number of sulfonamides is 1. The second-order valence-electron chi connectivity index (χ2n) is 5.30. The third kappa shape index (κ3) is 4.49. The Balaban J connectivity index is 0.00000242. The molecule has 0 saturated heterocycles. The van der Waals surface area contributed by atoms with Gasteiger partial charge in [-0.25, -0.2) is 13.1 Å². The van der Waals surface area contributed by atoms with Crippen molar-refractivity contribution in [2.75, 3.05) is 13.7 Å². The molecule has 0 bridgehead atoms. The second kappa shape index (κ2) is 8.36. The average Bonchev–Trinajstić information content (AvgIpc) is 2.99. The lowest BCUT2D eigenvalue weighted by Crippen LogP contribution is -2.44. The standard InChI is InChI=1S/C14H21ClN2O3S.ClH/c1-20-11-6-7-12(15)14(8-11)21(18,19)17-13(9-16)10-4-2-3-5-10;/h6-8,10,13,17H,2-5,9,16H2,1H3;1H. The van der Waals surface area contributed by atoms with Crippen molar-refractivity contribution in [3.8, 4) is 5.75 Å². The Morgan fingerprint density at radius 3 is 2.59 bits per heavy atom. The van der Waals surface area contributed by atoms with Gasteiger partial charge in [-0.3, -0.25) is 0 Å². The Kier molecular flexibility index (Phi) is 7.41. The third-order valence-electron chi connectivity index (χ3n) is 3.96. The van der Waals surface area contributed by atoms with E-state index < -0.39 is 10.0 Å². The van der Waals surface area contributed by atoms with Crippen LogP contribution in [0.25, 0.3) is 0 Å². The molecule has 8 heteroatoms. The maximum absolute atomic E-state index is 12.5. The Morgan fingerprint density at radius 2 is 2.05 bits per heavy atom. The number of benzene rings is 1. The fourth-order valence-corrected chi connectivity index (χ4v) is 4.61. The van der Waals surface area contributed by atoms with Crippen LogP contribution >= 0.6 is 24.0 Å². The molecule has 1 saturated carbocycles. The first kappa shape index (κ1) is 19.5. The zero-order chi connectivity index (χ0) is 15.5. The van der Waals surface area contributed by atoms with E-state index in [9.17, 15) is 8.42 Å². The summed E-state index contributed by atoms with van der Waals surface area (Å²) < 4.78 is 32.8. The maximum atomic E-state index is 12.5. The molecule has 1 atom stereocenters. The van der Waals surface area contributed by atoms with Crippen LogP contribution in [0.1, 0.15) is 25.7 Å². The lowest BCUT2D eigenvalue weighted by molar-refractivity contribution is 0.404. The first-order chi connectivity index (χ1) is 9.97. The first-order valence-electron chi connectivity index (χ1n) is 7.04. The molecule has 22 heavy (non-hydrogen) atoms. The molecule has 126 valence electrons. The van der Waals surface area contributed by atoms with Crippen LogP contribution in [-0.2, 0) is 10.0 Å². The van der Waals surface area contributed by atoms with E-state index >= 15 is 0 Å². The minimum Gasteiger partial charge on any atom is -0.497 e. The number of ether oxygens (including phenoxy) is 1. The van der Waals surface area contributed by atoms with Gasteiger partial charge in [-0.1, -0.05) is 24.4 Å². The van der Waals surface area contributed by atoms with Gasteiger partial charge in [-0.2, -0.15) is 0 Å². The maximum Gasteiger partial charge on any atom is 0.242 e. The minimum absolute atomic E-state index is 0. The van der Waals surface area contributed by atoms with E-state index in [0.717, 1.165) is 25.7 Å². The molecular formula is C14H22Cl2N2O3S. The van der Waals surface area contributed by atoms with Crippen molar-refractivity contribution in [1.29, 1.82) is 0 Å². The van der Waals surface area contributed by atoms with Crippen LogP contribution in [0.2, 0.25) is 5.02 Å². The van der Waals surface area contributed by atoms with Crippen LogP contribution < -0.4 is 15.2 Å². The van der Waals surface area contributed by atoms with E-state index in [4.69, 9.17) is 22.1 Å². The van der Waals surface area contributed by atoms with Gasteiger partial charge in [0.05, 0.1) is 12.1 Å². The van der Waals surface area contributed by atoms with Crippen LogP contribution in [0.3, 0.4) is 0 Å². The van der Waals surface area contributed by atoms with Gasteiger partial charge in [-0.05, 0) is 30.9 Å². The molecule has 2 rings (SSSR count). The Bertz CT molecular complexity index is 590. The summed E-state index contributed by atoms with van der Waals surface area (Å²) in [5.74, 6) is 0.749. The fraction of sp³-hybridized carbons (Fsp3) is 0.571. The molecule has 0 radical (unpaired) electrons. The van der Waals surface area contributed by atoms with Gasteiger partial charge in [0.25, 0.3) is 0 Å². The summed E-state index contributed by atoms with van der Waals surface area (Å²) in [7, 11) is -2.23. The quantitative estimate of drug-likeness (QED) is 0.808. The van der Waals surface area contributed by atoms with Gasteiger partial charge in [0.15, 0.2) is 0 Å². The SMILES string of the molecule is COc1ccc(Cl)c(S(=O)(=O)NC(CN)C2CCCC2)c1.Cl. The van der Waals surface area contributed by atoms with Gasteiger partial charge in [-0.15, -0.1) is 12.4 Å². The lowest BCUT2D eigenvalue weighted by Gasteiger charge is -2.23. The molecule has 1 unspecified atom stereocenters. The molecule has 5 nitrogen and oxygen atoms in total. The van der Waals surface area contributed by atoms with E-state index in [1.807, 2.05) is 0 Å². The van der Waals surface area contributed by atoms with Gasteiger partial charge in [0.2, 0.25) is 10.0 Å². The predicted octanol–water partition coefficient (Wildman–Crippen LogP) is 2.57. The molecule has 0 aliphatic heterocycles. The van der Waals surface area contributed by atoms with Gasteiger partial charge >= 0.3 is 0 Å². The van der Waals surface area contributed by atoms with E-state index in [0.29, 0.717) is 11.7 Å². The number of halogens is 2. The molecule has 1 fully saturated rings. The first-order valence-corrected chi connectivity index (χ1v) is 8.90. The third-order valence-corrected chi connectivity index (χ3v) is 5.93. The number of rotatable bonds is 6. The molecule has 0 heterocycles. The van der Waals surface area contributed by atoms with Crippen LogP contribution in [-0.4, -0.2) is 28.1 Å². The molecule has 3 N–H and O–H groups in total. The number of methoxy groups -OCH3 is 1. The molecule has 1 aromatic rings. The molecule has 1 aromatic carbocycles. The predicted molar refractivity (Wildman–Crippen MR) is 90.4 cm³/mol. The van der Waals surface area contributed by atoms with Gasteiger partial charge < -0.3 is 10.5 Å². The highest BCUT2D eigenvalue weighted by atomic mass is 35.5. The molecule has 0 aromatic heterocycles. The van der Waals surface area contributed by atoms with Crippen molar-refractivity contribution in [2.45, 2.75) is 36.6 Å². The zero-order valence-electron chi connectivity index (χ0n) is 12.4. The summed E-state index contributed by atoms with van der Waals surface area (Å²) in [4.78, 5) is 0.0277. The van der Waals surface area contributed by atoms with Crippen LogP contribution in [0, 0.1) is 5.92 Å². The smallest absolute Gasteiger partial charge is 0.242 e. The van der Waals surface area contributed by atoms with Gasteiger partial charge in [0.1, 0.15) is 10.6 Å². The largest absolute Gasteiger partial charge is 0.497 e. The van der Waals surface area contributed by atoms with Crippen LogP contribution in [0.4, 0.5) is 0 Å². The zero-order valence-corrected chi connectivity index (χ0v) is 14.8. The van der Waals surface area contributed by atoms with E-state index in [1.165, 1.54) is 19.2 Å². The summed E-state index contributed by atoms with van der Waals surface area (Å²) in [6.45, 7) is 0.283. The normalized spacial score (nSPS) is 17.0. The molecule has 1 aliphatic rings. The Hall–Kier alpha value is -0.530. The molecule has 1 aliphatic carbocycles. The Morgan fingerprint density at radius 1 is 1.41 bits per heavy atom. The van der Waals surface area contributed by atoms with Crippen LogP contribution in [0.5, 0.6) is 5.75 Å². The summed E-state index contributed by atoms with van der Waals surface area (Å²) in [5, 5.41) is 0.172. The van der Waals surface area contributed by atoms with Crippen molar-refractivity contribution < 1.29 is 13.2 Å². The van der Waals surface area contributed by atoms with Crippen molar-refractivity contribution in [3.63, 3.8) is 0 Å². The topological polar surface area (TPSA) is 81.4 Å². The van der Waals surface area contributed by atoms with E-state index in [1.54, 1.807) is 6.07 Å². The van der Waals surface area contributed by atoms with Crippen molar-refractivity contribution in [3.05, 3.63) is 23.2 Å². The molecule has 0 amide bonds. The fourth-order valence-electron chi connectivity index (χ4n) is 2.78. The molecular weight excluding hydrogens is 347 g/mol. The highest BCUT2D eigenvalue weighted by Crippen LogP contribution is 2.30. The van der Waals surface area contributed by atoms with E-state index in [2.05, 4.69) is 4.72 Å². The van der Waals surface area contributed by atoms with Crippen molar-refractivity contribution in [1.82, 2.24) is 4.72 Å². The van der Waals surface area contributed by atoms with E-state index in [-0.39, 0.29) is 34.9 Å². The number of hydrogen-bond acceptors (Lipinski definition) is 4. The highest BCUT2D eigenvalue weighted by molar-refractivity contribution is 7.89. The number of nitrogens with two attached hydrogens (primary N) is 1. The second-order valence-corrected chi connectivity index (χ2v) is 7.39. The van der Waals surface area contributed by atoms with Crippen molar-refractivity contribution in [2.24, 2.45) is 11.7 Å². The summed E-state index contributed by atoms with van der Waals surface area (Å²) in [5.41, 5.74) is 5.75. The highest BCUT2D eigenvalue weighted by Gasteiger charge is 2.29.